The van der Waals surface area contributed by atoms with Crippen LogP contribution in [-0.2, 0) is 13.1 Å². The van der Waals surface area contributed by atoms with Crippen LogP contribution in [0.2, 0.25) is 0 Å². The van der Waals surface area contributed by atoms with Crippen molar-refractivity contribution in [2.45, 2.75) is 51.2 Å². The molecule has 4 nitrogen and oxygen atoms in total. The topological polar surface area (TPSA) is 46.1 Å². The van der Waals surface area contributed by atoms with Crippen molar-refractivity contribution in [3.05, 3.63) is 53.3 Å². The number of nitrogens with one attached hydrogen (secondary N) is 2. The van der Waals surface area contributed by atoms with Crippen molar-refractivity contribution >= 4 is 5.91 Å². The van der Waals surface area contributed by atoms with Crippen LogP contribution in [0, 0.1) is 0 Å². The molecule has 2 heterocycles. The molecule has 0 bridgehead atoms. The zero-order valence-electron chi connectivity index (χ0n) is 13.3. The molecule has 2 N–H and O–H groups in total. The Morgan fingerprint density at radius 3 is 2.91 bits per heavy atom. The maximum absolute atomic E-state index is 12.1. The Morgan fingerprint density at radius 1 is 1.17 bits per heavy atom. The molecule has 0 unspecified atom stereocenters. The summed E-state index contributed by atoms with van der Waals surface area (Å²) in [5.74, 6) is -0.00641. The van der Waals surface area contributed by atoms with Crippen molar-refractivity contribution in [1.29, 1.82) is 0 Å². The average molecular weight is 309 g/mol. The maximum Gasteiger partial charge on any atom is 0.268 e. The number of fused-ring (bicyclic) bond motifs is 3. The van der Waals surface area contributed by atoms with E-state index in [1.165, 1.54) is 43.2 Å². The molecule has 4 heteroatoms. The molecule has 120 valence electrons. The highest BCUT2D eigenvalue weighted by Crippen LogP contribution is 2.23. The molecule has 2 aliphatic rings. The third kappa shape index (κ3) is 2.91. The van der Waals surface area contributed by atoms with Crippen molar-refractivity contribution in [1.82, 2.24) is 15.2 Å². The quantitative estimate of drug-likeness (QED) is 0.915. The summed E-state index contributed by atoms with van der Waals surface area (Å²) in [4.78, 5) is 12.1. The van der Waals surface area contributed by atoms with E-state index in [0.717, 1.165) is 12.2 Å². The zero-order valence-corrected chi connectivity index (χ0v) is 13.3. The minimum Gasteiger partial charge on any atom is -0.347 e. The first kappa shape index (κ1) is 14.5. The second kappa shape index (κ2) is 6.20. The number of benzene rings is 1. The number of hydrogen-bond donors (Lipinski definition) is 2. The van der Waals surface area contributed by atoms with Crippen LogP contribution in [0.4, 0.5) is 0 Å². The van der Waals surface area contributed by atoms with Crippen LogP contribution in [0.3, 0.4) is 0 Å². The smallest absolute Gasteiger partial charge is 0.268 e. The first-order valence-electron chi connectivity index (χ1n) is 8.62. The maximum atomic E-state index is 12.1. The summed E-state index contributed by atoms with van der Waals surface area (Å²) in [5, 5.41) is 6.68. The third-order valence-corrected chi connectivity index (χ3v) is 5.02. The number of rotatable bonds is 3. The highest BCUT2D eigenvalue weighted by Gasteiger charge is 2.19. The monoisotopic (exact) mass is 309 g/mol. The lowest BCUT2D eigenvalue weighted by Gasteiger charge is -2.23. The van der Waals surface area contributed by atoms with E-state index in [-0.39, 0.29) is 5.91 Å². The van der Waals surface area contributed by atoms with Crippen LogP contribution in [0.1, 0.15) is 53.7 Å². The molecule has 1 fully saturated rings. The Bertz CT molecular complexity index is 713. The van der Waals surface area contributed by atoms with E-state index in [2.05, 4.69) is 28.8 Å². The van der Waals surface area contributed by atoms with Gasteiger partial charge in [0.15, 0.2) is 0 Å². The first-order chi connectivity index (χ1) is 11.3. The van der Waals surface area contributed by atoms with Crippen LogP contribution in [0.25, 0.3) is 5.69 Å². The van der Waals surface area contributed by atoms with Gasteiger partial charge in [-0.15, -0.1) is 0 Å². The predicted molar refractivity (Wildman–Crippen MR) is 90.7 cm³/mol. The fraction of sp³-hybridized carbons (Fsp3) is 0.421. The molecule has 1 aromatic heterocycles. The lowest BCUT2D eigenvalue weighted by molar-refractivity contribution is 0.0946. The van der Waals surface area contributed by atoms with Gasteiger partial charge in [0, 0.05) is 25.3 Å². The van der Waals surface area contributed by atoms with Crippen LogP contribution in [-0.4, -0.2) is 16.5 Å². The molecule has 1 amide bonds. The van der Waals surface area contributed by atoms with Gasteiger partial charge in [-0.2, -0.15) is 0 Å². The van der Waals surface area contributed by atoms with Gasteiger partial charge >= 0.3 is 0 Å². The molecule has 23 heavy (non-hydrogen) atoms. The van der Waals surface area contributed by atoms with Crippen LogP contribution in [0.5, 0.6) is 0 Å². The average Bonchev–Trinajstić information content (AvgIpc) is 3.04. The van der Waals surface area contributed by atoms with Gasteiger partial charge in [0.2, 0.25) is 0 Å². The minimum atomic E-state index is -0.00641. The van der Waals surface area contributed by atoms with Gasteiger partial charge < -0.3 is 15.2 Å². The Morgan fingerprint density at radius 2 is 2.04 bits per heavy atom. The molecule has 4 rings (SSSR count). The van der Waals surface area contributed by atoms with Crippen LogP contribution in [0.15, 0.2) is 36.5 Å². The van der Waals surface area contributed by atoms with Gasteiger partial charge in [-0.3, -0.25) is 4.79 Å². The second-order valence-corrected chi connectivity index (χ2v) is 6.63. The lowest BCUT2D eigenvalue weighted by atomic mass is 9.95. The number of hydrogen-bond acceptors (Lipinski definition) is 2. The predicted octanol–water partition coefficient (Wildman–Crippen LogP) is 3.14. The fourth-order valence-corrected chi connectivity index (χ4v) is 3.74. The zero-order chi connectivity index (χ0) is 15.6. The molecule has 0 spiro atoms. The van der Waals surface area contributed by atoms with Crippen molar-refractivity contribution in [3.8, 4) is 5.69 Å². The van der Waals surface area contributed by atoms with Crippen molar-refractivity contribution in [2.24, 2.45) is 0 Å². The first-order valence-corrected chi connectivity index (χ1v) is 8.62. The number of amides is 1. The highest BCUT2D eigenvalue weighted by atomic mass is 16.1. The van der Waals surface area contributed by atoms with Crippen molar-refractivity contribution < 1.29 is 4.79 Å². The minimum absolute atomic E-state index is 0.00641. The largest absolute Gasteiger partial charge is 0.347 e. The molecular weight excluding hydrogens is 286 g/mol. The number of carbonyl (C=O) groups is 1. The Labute approximate surface area is 136 Å². The molecule has 1 saturated carbocycles. The summed E-state index contributed by atoms with van der Waals surface area (Å²) in [5.41, 5.74) is 4.28. The normalized spacial score (nSPS) is 18.0. The third-order valence-electron chi connectivity index (χ3n) is 5.02. The molecule has 0 radical (unpaired) electrons. The SMILES string of the molecule is O=C1NCc2cc(CNC3CCCCC3)ccc2-n2cccc21. The molecule has 1 aliphatic carbocycles. The molecule has 0 saturated heterocycles. The molecule has 1 aliphatic heterocycles. The van der Waals surface area contributed by atoms with Gasteiger partial charge in [0.25, 0.3) is 5.91 Å². The summed E-state index contributed by atoms with van der Waals surface area (Å²) in [6.45, 7) is 1.50. The molecule has 0 atom stereocenters. The fourth-order valence-electron chi connectivity index (χ4n) is 3.74. The molecular formula is C19H23N3O. The van der Waals surface area contributed by atoms with Crippen molar-refractivity contribution in [2.75, 3.05) is 0 Å². The van der Waals surface area contributed by atoms with Gasteiger partial charge in [0.1, 0.15) is 5.69 Å². The summed E-state index contributed by atoms with van der Waals surface area (Å²) >= 11 is 0. The summed E-state index contributed by atoms with van der Waals surface area (Å²) in [6.07, 6.45) is 8.64. The Kier molecular flexibility index (Phi) is 3.92. The van der Waals surface area contributed by atoms with Crippen LogP contribution >= 0.6 is 0 Å². The van der Waals surface area contributed by atoms with Gasteiger partial charge in [-0.25, -0.2) is 0 Å². The van der Waals surface area contributed by atoms with E-state index >= 15 is 0 Å². The van der Waals surface area contributed by atoms with Crippen molar-refractivity contribution in [3.63, 3.8) is 0 Å². The van der Waals surface area contributed by atoms with Crippen LogP contribution < -0.4 is 10.6 Å². The standard InChI is InChI=1S/C19H23N3O/c23-19-18-7-4-10-22(18)17-9-8-14(11-15(17)13-21-19)12-20-16-5-2-1-3-6-16/h4,7-11,16,20H,1-3,5-6,12-13H2,(H,21,23). The Balaban J connectivity index is 1.54. The van der Waals surface area contributed by atoms with E-state index in [9.17, 15) is 4.79 Å². The second-order valence-electron chi connectivity index (χ2n) is 6.63. The van der Waals surface area contributed by atoms with E-state index < -0.39 is 0 Å². The molecule has 2 aromatic rings. The summed E-state index contributed by atoms with van der Waals surface area (Å²) in [7, 11) is 0. The van der Waals surface area contributed by atoms with Gasteiger partial charge in [-0.05, 0) is 42.2 Å². The van der Waals surface area contributed by atoms with E-state index in [4.69, 9.17) is 0 Å². The lowest BCUT2D eigenvalue weighted by Crippen LogP contribution is -2.30. The Hall–Kier alpha value is -2.07. The summed E-state index contributed by atoms with van der Waals surface area (Å²) < 4.78 is 1.98. The summed E-state index contributed by atoms with van der Waals surface area (Å²) in [6, 6.07) is 11.0. The number of carbonyl (C=O) groups excluding carboxylic acids is 1. The van der Waals surface area contributed by atoms with Gasteiger partial charge in [-0.1, -0.05) is 31.4 Å². The van der Waals surface area contributed by atoms with E-state index in [1.54, 1.807) is 0 Å². The number of aromatic nitrogens is 1. The van der Waals surface area contributed by atoms with E-state index in [1.807, 2.05) is 22.9 Å². The van der Waals surface area contributed by atoms with Gasteiger partial charge in [0.05, 0.1) is 5.69 Å². The highest BCUT2D eigenvalue weighted by molar-refractivity contribution is 5.94. The number of nitrogens with zero attached hydrogens (tertiary/aromatic N) is 1. The van der Waals surface area contributed by atoms with E-state index in [0.29, 0.717) is 18.3 Å². The molecule has 1 aromatic carbocycles.